The molecule has 3 aromatic rings. The predicted octanol–water partition coefficient (Wildman–Crippen LogP) is 5.04. The van der Waals surface area contributed by atoms with Gasteiger partial charge in [-0.25, -0.2) is 4.79 Å². The first-order valence-corrected chi connectivity index (χ1v) is 11.3. The first-order chi connectivity index (χ1) is 15.7. The molecule has 0 spiro atoms. The Morgan fingerprint density at radius 2 is 2.00 bits per heavy atom. The van der Waals surface area contributed by atoms with Crippen molar-refractivity contribution >= 4 is 23.3 Å². The Morgan fingerprint density at radius 3 is 2.75 bits per heavy atom. The van der Waals surface area contributed by atoms with Crippen molar-refractivity contribution in [1.82, 2.24) is 15.2 Å². The van der Waals surface area contributed by atoms with Crippen molar-refractivity contribution < 1.29 is 13.9 Å². The Bertz CT molecular complexity index is 1120. The van der Waals surface area contributed by atoms with Crippen molar-refractivity contribution in [2.75, 3.05) is 7.11 Å². The molecule has 1 aromatic carbocycles. The molecule has 2 atom stereocenters. The largest absolute Gasteiger partial charge is 0.465 e. The zero-order valence-corrected chi connectivity index (χ0v) is 18.7. The van der Waals surface area contributed by atoms with E-state index in [1.807, 2.05) is 42.5 Å². The molecule has 2 aliphatic rings. The third-order valence-corrected chi connectivity index (χ3v) is 6.67. The third-order valence-electron chi connectivity index (χ3n) is 6.34. The van der Waals surface area contributed by atoms with Gasteiger partial charge < -0.3 is 19.4 Å². The van der Waals surface area contributed by atoms with E-state index in [1.54, 1.807) is 18.3 Å². The average molecular weight is 448 g/mol. The number of hydrogen-bond donors (Lipinski definition) is 1. The molecule has 164 valence electrons. The molecule has 7 heteroatoms. The summed E-state index contributed by atoms with van der Waals surface area (Å²) in [5.41, 5.74) is 2.26. The number of carbonyl (C=O) groups excluding carboxylic acids is 1. The highest BCUT2D eigenvalue weighted by atomic mass is 32.1. The molecule has 32 heavy (non-hydrogen) atoms. The number of aromatic nitrogens is 1. The van der Waals surface area contributed by atoms with Crippen LogP contribution in [0, 0.1) is 0 Å². The summed E-state index contributed by atoms with van der Waals surface area (Å²) in [5.74, 6) is 1.17. The number of thiocarbonyl (C=S) groups is 1. The number of pyridine rings is 1. The molecular weight excluding hydrogens is 422 g/mol. The lowest BCUT2D eigenvalue weighted by atomic mass is 10.0. The molecule has 3 heterocycles. The summed E-state index contributed by atoms with van der Waals surface area (Å²) in [6.07, 6.45) is 6.49. The van der Waals surface area contributed by atoms with Gasteiger partial charge in [0.05, 0.1) is 24.4 Å². The van der Waals surface area contributed by atoms with E-state index >= 15 is 0 Å². The number of benzene rings is 1. The summed E-state index contributed by atoms with van der Waals surface area (Å²) in [7, 11) is 1.38. The van der Waals surface area contributed by atoms with Gasteiger partial charge in [-0.1, -0.05) is 31.0 Å². The number of esters is 1. The van der Waals surface area contributed by atoms with E-state index < -0.39 is 0 Å². The van der Waals surface area contributed by atoms with Gasteiger partial charge in [0.25, 0.3) is 0 Å². The second-order valence-corrected chi connectivity index (χ2v) is 8.63. The first-order valence-electron chi connectivity index (χ1n) is 10.9. The molecule has 0 bridgehead atoms. The van der Waals surface area contributed by atoms with Crippen LogP contribution in [0.4, 0.5) is 0 Å². The molecule has 1 saturated heterocycles. The first kappa shape index (κ1) is 20.7. The molecule has 1 saturated carbocycles. The van der Waals surface area contributed by atoms with E-state index in [0.29, 0.717) is 17.4 Å². The highest BCUT2D eigenvalue weighted by Crippen LogP contribution is 2.44. The molecule has 0 amide bonds. The Hall–Kier alpha value is -3.19. The quantitative estimate of drug-likeness (QED) is 0.434. The summed E-state index contributed by atoms with van der Waals surface area (Å²) in [6.45, 7) is 0. The summed E-state index contributed by atoms with van der Waals surface area (Å²) in [6, 6.07) is 17.4. The van der Waals surface area contributed by atoms with Crippen molar-refractivity contribution in [3.05, 3.63) is 77.8 Å². The Morgan fingerprint density at radius 1 is 1.16 bits per heavy atom. The lowest BCUT2D eigenvalue weighted by Crippen LogP contribution is -2.37. The molecule has 0 radical (unpaired) electrons. The number of hydrogen-bond acceptors (Lipinski definition) is 5. The number of nitrogens with zero attached hydrogens (tertiary/aromatic N) is 2. The highest BCUT2D eigenvalue weighted by molar-refractivity contribution is 7.80. The number of carbonyl (C=O) groups is 1. The Kier molecular flexibility index (Phi) is 5.66. The summed E-state index contributed by atoms with van der Waals surface area (Å²) < 4.78 is 11.2. The van der Waals surface area contributed by atoms with Gasteiger partial charge in [0.1, 0.15) is 17.6 Å². The zero-order chi connectivity index (χ0) is 22.1. The SMILES string of the molecule is COC(=O)c1cccc(-c2ccc([C@H]3[C@H](c4ccccn4)NC(=S)N3C3CCCC3)o2)c1. The van der Waals surface area contributed by atoms with Crippen LogP contribution in [0.3, 0.4) is 0 Å². The van der Waals surface area contributed by atoms with Crippen molar-refractivity contribution in [3.8, 4) is 11.3 Å². The van der Waals surface area contributed by atoms with E-state index in [2.05, 4.69) is 15.2 Å². The number of nitrogens with one attached hydrogen (secondary N) is 1. The zero-order valence-electron chi connectivity index (χ0n) is 17.9. The van der Waals surface area contributed by atoms with E-state index in [9.17, 15) is 4.79 Å². The lowest BCUT2D eigenvalue weighted by molar-refractivity contribution is 0.0601. The van der Waals surface area contributed by atoms with Crippen LogP contribution in [0.5, 0.6) is 0 Å². The van der Waals surface area contributed by atoms with Crippen LogP contribution in [0.25, 0.3) is 11.3 Å². The number of ether oxygens (including phenoxy) is 1. The van der Waals surface area contributed by atoms with E-state index in [1.165, 1.54) is 20.0 Å². The molecule has 2 fully saturated rings. The molecule has 2 aromatic heterocycles. The molecule has 6 nitrogen and oxygen atoms in total. The maximum absolute atomic E-state index is 11.9. The van der Waals surface area contributed by atoms with Gasteiger partial charge in [0, 0.05) is 17.8 Å². The maximum atomic E-state index is 11.9. The smallest absolute Gasteiger partial charge is 0.337 e. The fourth-order valence-electron chi connectivity index (χ4n) is 4.83. The van der Waals surface area contributed by atoms with Gasteiger partial charge in [0.15, 0.2) is 5.11 Å². The lowest BCUT2D eigenvalue weighted by Gasteiger charge is -2.31. The molecule has 0 unspecified atom stereocenters. The van der Waals surface area contributed by atoms with Crippen molar-refractivity contribution in [3.63, 3.8) is 0 Å². The van der Waals surface area contributed by atoms with Gasteiger partial charge in [-0.3, -0.25) is 4.98 Å². The monoisotopic (exact) mass is 447 g/mol. The standard InChI is InChI=1S/C25H25N3O3S/c1-30-24(29)17-8-6-7-16(15-17)20-12-13-21(31-20)23-22(19-11-4-5-14-26-19)27-25(32)28(23)18-9-2-3-10-18/h4-8,11-15,18,22-23H,2-3,9-10H2,1H3,(H,27,32)/t22-,23-/m0/s1. The van der Waals surface area contributed by atoms with Crippen LogP contribution < -0.4 is 5.32 Å². The Balaban J connectivity index is 1.52. The second-order valence-electron chi connectivity index (χ2n) is 8.25. The topological polar surface area (TPSA) is 67.6 Å². The summed E-state index contributed by atoms with van der Waals surface area (Å²) in [4.78, 5) is 18.9. The van der Waals surface area contributed by atoms with Crippen LogP contribution in [-0.4, -0.2) is 34.1 Å². The maximum Gasteiger partial charge on any atom is 0.337 e. The van der Waals surface area contributed by atoms with E-state index in [-0.39, 0.29) is 18.1 Å². The second kappa shape index (κ2) is 8.74. The van der Waals surface area contributed by atoms with E-state index in [0.717, 1.165) is 35.0 Å². The third kappa shape index (κ3) is 3.77. The van der Waals surface area contributed by atoms with Crippen LogP contribution in [0.15, 0.2) is 65.2 Å². The molecule has 1 aliphatic heterocycles. The van der Waals surface area contributed by atoms with Gasteiger partial charge in [-0.05, 0) is 61.5 Å². The van der Waals surface area contributed by atoms with Gasteiger partial charge in [-0.15, -0.1) is 0 Å². The molecule has 5 rings (SSSR count). The highest BCUT2D eigenvalue weighted by Gasteiger charge is 2.45. The number of methoxy groups -OCH3 is 1. The minimum absolute atomic E-state index is 0.0851. The minimum Gasteiger partial charge on any atom is -0.465 e. The average Bonchev–Trinajstić information content (AvgIpc) is 3.59. The molecule has 1 N–H and O–H groups in total. The molecule has 1 aliphatic carbocycles. The van der Waals surface area contributed by atoms with Crippen LogP contribution in [0.1, 0.15) is 59.6 Å². The summed E-state index contributed by atoms with van der Waals surface area (Å²) in [5, 5.41) is 4.25. The van der Waals surface area contributed by atoms with E-state index in [4.69, 9.17) is 21.4 Å². The Labute approximate surface area is 192 Å². The van der Waals surface area contributed by atoms with Crippen LogP contribution in [0.2, 0.25) is 0 Å². The summed E-state index contributed by atoms with van der Waals surface area (Å²) >= 11 is 5.78. The van der Waals surface area contributed by atoms with Gasteiger partial charge in [-0.2, -0.15) is 0 Å². The fraction of sp³-hybridized carbons (Fsp3) is 0.320. The number of furan rings is 1. The van der Waals surface area contributed by atoms with Crippen molar-refractivity contribution in [1.29, 1.82) is 0 Å². The molecular formula is C25H25N3O3S. The van der Waals surface area contributed by atoms with Gasteiger partial charge >= 0.3 is 5.97 Å². The number of rotatable bonds is 5. The van der Waals surface area contributed by atoms with Crippen LogP contribution >= 0.6 is 12.2 Å². The normalized spacial score (nSPS) is 21.0. The van der Waals surface area contributed by atoms with Gasteiger partial charge in [0.2, 0.25) is 0 Å². The fourth-order valence-corrected chi connectivity index (χ4v) is 5.22. The van der Waals surface area contributed by atoms with Crippen LogP contribution in [-0.2, 0) is 4.74 Å². The minimum atomic E-state index is -0.369. The van der Waals surface area contributed by atoms with Crippen molar-refractivity contribution in [2.24, 2.45) is 0 Å². The predicted molar refractivity (Wildman–Crippen MR) is 125 cm³/mol. The van der Waals surface area contributed by atoms with Crippen molar-refractivity contribution in [2.45, 2.75) is 43.8 Å².